The van der Waals surface area contributed by atoms with Crippen molar-refractivity contribution in [3.63, 3.8) is 0 Å². The molecule has 0 bridgehead atoms. The van der Waals surface area contributed by atoms with Crippen LogP contribution in [0.3, 0.4) is 0 Å². The first-order chi connectivity index (χ1) is 10.6. The normalized spacial score (nSPS) is 14.2. The summed E-state index contributed by atoms with van der Waals surface area (Å²) in [6, 6.07) is 3.24. The molecule has 1 amide bonds. The first kappa shape index (κ1) is 14.8. The summed E-state index contributed by atoms with van der Waals surface area (Å²) in [5.41, 5.74) is 0.632. The Labute approximate surface area is 130 Å². The van der Waals surface area contributed by atoms with Gasteiger partial charge >= 0.3 is 5.69 Å². The number of fused-ring (bicyclic) bond motifs is 1. The molecule has 0 saturated carbocycles. The Morgan fingerprint density at radius 1 is 1.14 bits per heavy atom. The molecular weight excluding hydrogens is 302 g/mol. The van der Waals surface area contributed by atoms with Gasteiger partial charge in [-0.2, -0.15) is 0 Å². The highest BCUT2D eigenvalue weighted by molar-refractivity contribution is 7.14. The summed E-state index contributed by atoms with van der Waals surface area (Å²) in [6.07, 6.45) is 5.70. The highest BCUT2D eigenvalue weighted by atomic mass is 32.1. The number of aromatic amines is 2. The fourth-order valence-corrected chi connectivity index (χ4v) is 3.83. The van der Waals surface area contributed by atoms with Gasteiger partial charge < -0.3 is 10.3 Å². The van der Waals surface area contributed by atoms with Crippen molar-refractivity contribution in [3.05, 3.63) is 54.0 Å². The van der Waals surface area contributed by atoms with Crippen LogP contribution in [0.5, 0.6) is 0 Å². The topological polar surface area (TPSA) is 94.8 Å². The SMILES string of the molecule is O=C(NCc1cc(=O)[nH]c(=O)[nH]1)c1cc2c(s1)CCCCC2. The number of carbonyl (C=O) groups is 1. The summed E-state index contributed by atoms with van der Waals surface area (Å²) >= 11 is 1.55. The number of carbonyl (C=O) groups excluding carboxylic acids is 1. The summed E-state index contributed by atoms with van der Waals surface area (Å²) in [4.78, 5) is 41.2. The van der Waals surface area contributed by atoms with E-state index in [1.165, 1.54) is 35.8 Å². The van der Waals surface area contributed by atoms with Crippen LogP contribution in [-0.4, -0.2) is 15.9 Å². The third-order valence-electron chi connectivity index (χ3n) is 3.73. The largest absolute Gasteiger partial charge is 0.346 e. The molecule has 3 N–H and O–H groups in total. The van der Waals surface area contributed by atoms with E-state index in [1.807, 2.05) is 6.07 Å². The van der Waals surface area contributed by atoms with E-state index in [0.717, 1.165) is 12.8 Å². The van der Waals surface area contributed by atoms with Crippen molar-refractivity contribution >= 4 is 17.2 Å². The molecule has 116 valence electrons. The van der Waals surface area contributed by atoms with E-state index in [0.29, 0.717) is 10.6 Å². The molecule has 2 aromatic rings. The van der Waals surface area contributed by atoms with Crippen LogP contribution in [0.2, 0.25) is 0 Å². The first-order valence-electron chi connectivity index (χ1n) is 7.34. The molecule has 1 aliphatic rings. The molecule has 0 spiro atoms. The molecule has 22 heavy (non-hydrogen) atoms. The highest BCUT2D eigenvalue weighted by Crippen LogP contribution is 2.28. The third-order valence-corrected chi connectivity index (χ3v) is 4.96. The second-order valence-electron chi connectivity index (χ2n) is 5.42. The fraction of sp³-hybridized carbons (Fsp3) is 0.400. The van der Waals surface area contributed by atoms with E-state index >= 15 is 0 Å². The Morgan fingerprint density at radius 3 is 2.77 bits per heavy atom. The lowest BCUT2D eigenvalue weighted by Crippen LogP contribution is -2.28. The molecular formula is C15H17N3O3S. The Kier molecular flexibility index (Phi) is 4.24. The van der Waals surface area contributed by atoms with E-state index < -0.39 is 11.2 Å². The monoisotopic (exact) mass is 319 g/mol. The van der Waals surface area contributed by atoms with Gasteiger partial charge in [0.2, 0.25) is 0 Å². The summed E-state index contributed by atoms with van der Waals surface area (Å²) < 4.78 is 0. The zero-order valence-electron chi connectivity index (χ0n) is 12.0. The number of hydrogen-bond acceptors (Lipinski definition) is 4. The molecule has 7 heteroatoms. The summed E-state index contributed by atoms with van der Waals surface area (Å²) in [5.74, 6) is -0.167. The van der Waals surface area contributed by atoms with Crippen molar-refractivity contribution in [1.29, 1.82) is 0 Å². The van der Waals surface area contributed by atoms with Crippen molar-refractivity contribution in [2.75, 3.05) is 0 Å². The van der Waals surface area contributed by atoms with Crippen LogP contribution >= 0.6 is 11.3 Å². The number of hydrogen-bond donors (Lipinski definition) is 3. The molecule has 0 radical (unpaired) electrons. The molecule has 0 aliphatic heterocycles. The lowest BCUT2D eigenvalue weighted by atomic mass is 10.1. The van der Waals surface area contributed by atoms with Gasteiger partial charge in [0, 0.05) is 16.6 Å². The van der Waals surface area contributed by atoms with Crippen molar-refractivity contribution in [2.24, 2.45) is 0 Å². The van der Waals surface area contributed by atoms with Crippen molar-refractivity contribution in [2.45, 2.75) is 38.6 Å². The van der Waals surface area contributed by atoms with Crippen LogP contribution in [-0.2, 0) is 19.4 Å². The van der Waals surface area contributed by atoms with Crippen molar-refractivity contribution in [3.8, 4) is 0 Å². The summed E-state index contributed by atoms with van der Waals surface area (Å²) in [7, 11) is 0. The van der Waals surface area contributed by atoms with Gasteiger partial charge in [0.15, 0.2) is 0 Å². The Morgan fingerprint density at radius 2 is 1.95 bits per heavy atom. The zero-order chi connectivity index (χ0) is 15.5. The van der Waals surface area contributed by atoms with E-state index in [2.05, 4.69) is 15.3 Å². The number of aryl methyl sites for hydroxylation is 2. The Hall–Kier alpha value is -2.15. The quantitative estimate of drug-likeness (QED) is 0.745. The molecule has 0 unspecified atom stereocenters. The minimum atomic E-state index is -0.570. The second kappa shape index (κ2) is 6.31. The van der Waals surface area contributed by atoms with Crippen LogP contribution < -0.4 is 16.6 Å². The van der Waals surface area contributed by atoms with Gasteiger partial charge in [0.1, 0.15) is 0 Å². The van der Waals surface area contributed by atoms with E-state index in [4.69, 9.17) is 0 Å². The molecule has 0 fully saturated rings. The number of aromatic nitrogens is 2. The van der Waals surface area contributed by atoms with Gasteiger partial charge in [-0.05, 0) is 37.3 Å². The first-order valence-corrected chi connectivity index (χ1v) is 8.16. The number of H-pyrrole nitrogens is 2. The lowest BCUT2D eigenvalue weighted by molar-refractivity contribution is 0.0954. The minimum absolute atomic E-state index is 0.126. The van der Waals surface area contributed by atoms with Crippen LogP contribution in [0, 0.1) is 0 Å². The van der Waals surface area contributed by atoms with Gasteiger partial charge in [0.25, 0.3) is 11.5 Å². The van der Waals surface area contributed by atoms with Gasteiger partial charge in [0.05, 0.1) is 11.4 Å². The molecule has 0 saturated heterocycles. The van der Waals surface area contributed by atoms with Gasteiger partial charge in [-0.15, -0.1) is 11.3 Å². The third kappa shape index (κ3) is 3.36. The van der Waals surface area contributed by atoms with Gasteiger partial charge in [-0.3, -0.25) is 14.6 Å². The van der Waals surface area contributed by atoms with Crippen molar-refractivity contribution in [1.82, 2.24) is 15.3 Å². The maximum atomic E-state index is 12.2. The van der Waals surface area contributed by atoms with Crippen LogP contribution in [0.1, 0.15) is 45.1 Å². The van der Waals surface area contributed by atoms with Crippen LogP contribution in [0.4, 0.5) is 0 Å². The van der Waals surface area contributed by atoms with E-state index in [9.17, 15) is 14.4 Å². The van der Waals surface area contributed by atoms with E-state index in [1.54, 1.807) is 11.3 Å². The molecule has 2 heterocycles. The lowest BCUT2D eigenvalue weighted by Gasteiger charge is -2.03. The molecule has 1 aliphatic carbocycles. The zero-order valence-corrected chi connectivity index (χ0v) is 12.8. The number of rotatable bonds is 3. The summed E-state index contributed by atoms with van der Waals surface area (Å²) in [6.45, 7) is 0.126. The van der Waals surface area contributed by atoms with Gasteiger partial charge in [-0.1, -0.05) is 6.42 Å². The average molecular weight is 319 g/mol. The summed E-state index contributed by atoms with van der Waals surface area (Å²) in [5, 5.41) is 2.74. The van der Waals surface area contributed by atoms with Crippen LogP contribution in [0.25, 0.3) is 0 Å². The molecule has 0 atom stereocenters. The smallest absolute Gasteiger partial charge is 0.325 e. The van der Waals surface area contributed by atoms with E-state index in [-0.39, 0.29) is 12.5 Å². The number of amides is 1. The standard InChI is InChI=1S/C15H17N3O3S/c19-13-7-10(17-15(21)18-13)8-16-14(20)12-6-9-4-2-1-3-5-11(9)22-12/h6-7H,1-5,8H2,(H,16,20)(H2,17,18,19,21). The molecule has 6 nitrogen and oxygen atoms in total. The maximum Gasteiger partial charge on any atom is 0.325 e. The molecule has 2 aromatic heterocycles. The molecule has 3 rings (SSSR count). The maximum absolute atomic E-state index is 12.2. The minimum Gasteiger partial charge on any atom is -0.346 e. The number of nitrogens with one attached hydrogen (secondary N) is 3. The predicted octanol–water partition coefficient (Wildman–Crippen LogP) is 1.32. The Balaban J connectivity index is 1.69. The second-order valence-corrected chi connectivity index (χ2v) is 6.55. The molecule has 0 aromatic carbocycles. The fourth-order valence-electron chi connectivity index (χ4n) is 2.66. The highest BCUT2D eigenvalue weighted by Gasteiger charge is 2.16. The van der Waals surface area contributed by atoms with Crippen molar-refractivity contribution < 1.29 is 4.79 Å². The Bertz CT molecular complexity index is 751. The van der Waals surface area contributed by atoms with Crippen LogP contribution in [0.15, 0.2) is 21.7 Å². The van der Waals surface area contributed by atoms with Gasteiger partial charge in [-0.25, -0.2) is 4.79 Å². The average Bonchev–Trinajstić information content (AvgIpc) is 2.75. The number of thiophene rings is 1. The predicted molar refractivity (Wildman–Crippen MR) is 84.4 cm³/mol.